The van der Waals surface area contributed by atoms with E-state index in [1.807, 2.05) is 0 Å². The highest BCUT2D eigenvalue weighted by atomic mass is 16.5. The Hall–Kier alpha value is -4.07. The van der Waals surface area contributed by atoms with Crippen molar-refractivity contribution in [1.82, 2.24) is 4.90 Å². The van der Waals surface area contributed by atoms with E-state index in [-0.39, 0.29) is 23.6 Å². The average Bonchev–Trinajstić information content (AvgIpc) is 3.39. The molecule has 1 aliphatic rings. The highest BCUT2D eigenvalue weighted by Gasteiger charge is 2.29. The smallest absolute Gasteiger partial charge is 0.257 e. The van der Waals surface area contributed by atoms with Crippen LogP contribution in [-0.4, -0.2) is 42.8 Å². The molecule has 0 aliphatic carbocycles. The molecule has 2 heterocycles. The molecule has 0 spiro atoms. The van der Waals surface area contributed by atoms with Gasteiger partial charge in [0.05, 0.1) is 24.9 Å². The van der Waals surface area contributed by atoms with Crippen molar-refractivity contribution in [2.24, 2.45) is 5.92 Å². The van der Waals surface area contributed by atoms with Crippen molar-refractivity contribution in [1.29, 1.82) is 0 Å². The first-order valence-electron chi connectivity index (χ1n) is 10.7. The maximum absolute atomic E-state index is 12.8. The van der Waals surface area contributed by atoms with E-state index in [2.05, 4.69) is 10.6 Å². The van der Waals surface area contributed by atoms with Gasteiger partial charge in [0.25, 0.3) is 11.8 Å². The number of furan rings is 1. The van der Waals surface area contributed by atoms with Crippen molar-refractivity contribution in [2.45, 2.75) is 12.8 Å². The fraction of sp³-hybridized carbons (Fsp3) is 0.240. The van der Waals surface area contributed by atoms with Gasteiger partial charge in [-0.3, -0.25) is 14.4 Å². The zero-order chi connectivity index (χ0) is 23.2. The quantitative estimate of drug-likeness (QED) is 0.594. The van der Waals surface area contributed by atoms with Gasteiger partial charge in [-0.15, -0.1) is 0 Å². The first kappa shape index (κ1) is 22.1. The molecule has 1 saturated heterocycles. The molecule has 1 aliphatic heterocycles. The summed E-state index contributed by atoms with van der Waals surface area (Å²) in [6, 6.07) is 15.4. The fourth-order valence-electron chi connectivity index (χ4n) is 3.77. The molecular formula is C25H25N3O5. The Morgan fingerprint density at radius 2 is 1.64 bits per heavy atom. The molecule has 0 radical (unpaired) electrons. The lowest BCUT2D eigenvalue weighted by Crippen LogP contribution is -2.43. The molecule has 2 N–H and O–H groups in total. The van der Waals surface area contributed by atoms with E-state index in [4.69, 9.17) is 9.15 Å². The molecule has 8 heteroatoms. The Morgan fingerprint density at radius 3 is 2.30 bits per heavy atom. The summed E-state index contributed by atoms with van der Waals surface area (Å²) < 4.78 is 10.1. The minimum absolute atomic E-state index is 0.131. The Labute approximate surface area is 191 Å². The van der Waals surface area contributed by atoms with Crippen molar-refractivity contribution >= 4 is 29.1 Å². The number of hydrogen-bond acceptors (Lipinski definition) is 5. The first-order chi connectivity index (χ1) is 16.0. The average molecular weight is 447 g/mol. The monoisotopic (exact) mass is 447 g/mol. The lowest BCUT2D eigenvalue weighted by Gasteiger charge is -2.31. The molecule has 3 aromatic rings. The summed E-state index contributed by atoms with van der Waals surface area (Å²) >= 11 is 0. The molecule has 1 unspecified atom stereocenters. The fourth-order valence-corrected chi connectivity index (χ4v) is 3.77. The molecule has 0 bridgehead atoms. The normalized spacial score (nSPS) is 15.5. The number of piperidine rings is 1. The highest BCUT2D eigenvalue weighted by Crippen LogP contribution is 2.21. The van der Waals surface area contributed by atoms with Crippen LogP contribution in [0.2, 0.25) is 0 Å². The minimum Gasteiger partial charge on any atom is -0.497 e. The van der Waals surface area contributed by atoms with Gasteiger partial charge < -0.3 is 24.7 Å². The number of benzene rings is 2. The molecule has 2 aromatic carbocycles. The maximum Gasteiger partial charge on any atom is 0.257 e. The highest BCUT2D eigenvalue weighted by molar-refractivity contribution is 6.04. The Bertz CT molecular complexity index is 1110. The standard InChI is InChI=1S/C25H25N3O5/c1-32-22-10-8-21(9-11-22)26-23(29)17-4-6-20(7-5-17)27-24(30)18-3-2-13-28(15-18)25(31)19-12-14-33-16-19/h4-12,14,16,18H,2-3,13,15H2,1H3,(H,26,29)(H,27,30). The molecule has 1 atom stereocenters. The van der Waals surface area contributed by atoms with Crippen LogP contribution in [-0.2, 0) is 4.79 Å². The molecule has 3 amide bonds. The number of anilines is 2. The van der Waals surface area contributed by atoms with Crippen LogP contribution in [0.25, 0.3) is 0 Å². The summed E-state index contributed by atoms with van der Waals surface area (Å²) in [6.45, 7) is 0.976. The molecule has 1 aromatic heterocycles. The predicted molar refractivity (Wildman–Crippen MR) is 123 cm³/mol. The number of nitrogens with one attached hydrogen (secondary N) is 2. The lowest BCUT2D eigenvalue weighted by molar-refractivity contribution is -0.121. The van der Waals surface area contributed by atoms with Crippen LogP contribution in [0.15, 0.2) is 71.5 Å². The number of carbonyl (C=O) groups excluding carboxylic acids is 3. The number of ether oxygens (including phenoxy) is 1. The summed E-state index contributed by atoms with van der Waals surface area (Å²) in [5.74, 6) is -0.116. The van der Waals surface area contributed by atoms with Gasteiger partial charge in [-0.2, -0.15) is 0 Å². The second kappa shape index (κ2) is 10.0. The molecule has 4 rings (SSSR count). The molecule has 0 saturated carbocycles. The van der Waals surface area contributed by atoms with E-state index in [9.17, 15) is 14.4 Å². The first-order valence-corrected chi connectivity index (χ1v) is 10.7. The van der Waals surface area contributed by atoms with Crippen molar-refractivity contribution < 1.29 is 23.5 Å². The van der Waals surface area contributed by atoms with Crippen molar-refractivity contribution in [3.8, 4) is 5.75 Å². The van der Waals surface area contributed by atoms with Gasteiger partial charge in [-0.05, 0) is 67.4 Å². The maximum atomic E-state index is 12.8. The van der Waals surface area contributed by atoms with E-state index in [0.717, 1.165) is 6.42 Å². The van der Waals surface area contributed by atoms with Crippen LogP contribution >= 0.6 is 0 Å². The number of hydrogen-bond donors (Lipinski definition) is 2. The van der Waals surface area contributed by atoms with E-state index in [1.165, 1.54) is 12.5 Å². The van der Waals surface area contributed by atoms with E-state index in [0.29, 0.717) is 47.8 Å². The number of amides is 3. The molecular weight excluding hydrogens is 422 g/mol. The van der Waals surface area contributed by atoms with Gasteiger partial charge in [0.2, 0.25) is 5.91 Å². The van der Waals surface area contributed by atoms with Crippen LogP contribution in [0.4, 0.5) is 11.4 Å². The Morgan fingerprint density at radius 1 is 0.939 bits per heavy atom. The number of methoxy groups -OCH3 is 1. The zero-order valence-corrected chi connectivity index (χ0v) is 18.2. The topological polar surface area (TPSA) is 101 Å². The summed E-state index contributed by atoms with van der Waals surface area (Å²) in [5, 5.41) is 5.72. The van der Waals surface area contributed by atoms with Gasteiger partial charge in [-0.25, -0.2) is 0 Å². The van der Waals surface area contributed by atoms with Crippen LogP contribution in [0.3, 0.4) is 0 Å². The van der Waals surface area contributed by atoms with Gasteiger partial charge >= 0.3 is 0 Å². The third kappa shape index (κ3) is 5.41. The SMILES string of the molecule is COc1ccc(NC(=O)c2ccc(NC(=O)C3CCCN(C(=O)c4ccoc4)C3)cc2)cc1. The third-order valence-corrected chi connectivity index (χ3v) is 5.61. The summed E-state index contributed by atoms with van der Waals surface area (Å²) in [6.07, 6.45) is 4.34. The molecule has 170 valence electrons. The summed E-state index contributed by atoms with van der Waals surface area (Å²) in [4.78, 5) is 39.5. The number of carbonyl (C=O) groups is 3. The predicted octanol–water partition coefficient (Wildman–Crippen LogP) is 4.03. The van der Waals surface area contributed by atoms with Gasteiger partial charge in [0, 0.05) is 30.0 Å². The van der Waals surface area contributed by atoms with Crippen LogP contribution < -0.4 is 15.4 Å². The molecule has 1 fully saturated rings. The largest absolute Gasteiger partial charge is 0.497 e. The van der Waals surface area contributed by atoms with Crippen LogP contribution in [0.5, 0.6) is 5.75 Å². The number of likely N-dealkylation sites (tertiary alicyclic amines) is 1. The zero-order valence-electron chi connectivity index (χ0n) is 18.2. The lowest BCUT2D eigenvalue weighted by atomic mass is 9.96. The van der Waals surface area contributed by atoms with E-state index in [1.54, 1.807) is 66.6 Å². The molecule has 33 heavy (non-hydrogen) atoms. The number of nitrogens with zero attached hydrogens (tertiary/aromatic N) is 1. The van der Waals surface area contributed by atoms with Gasteiger partial charge in [0.15, 0.2) is 0 Å². The van der Waals surface area contributed by atoms with Gasteiger partial charge in [-0.1, -0.05) is 0 Å². The number of rotatable bonds is 6. The van der Waals surface area contributed by atoms with Crippen molar-refractivity contribution in [2.75, 3.05) is 30.8 Å². The van der Waals surface area contributed by atoms with Crippen LogP contribution in [0, 0.1) is 5.92 Å². The van der Waals surface area contributed by atoms with E-state index < -0.39 is 0 Å². The van der Waals surface area contributed by atoms with Crippen LogP contribution in [0.1, 0.15) is 33.6 Å². The van der Waals surface area contributed by atoms with Crippen molar-refractivity contribution in [3.05, 3.63) is 78.3 Å². The van der Waals surface area contributed by atoms with E-state index >= 15 is 0 Å². The second-order valence-corrected chi connectivity index (χ2v) is 7.85. The van der Waals surface area contributed by atoms with Gasteiger partial charge in [0.1, 0.15) is 12.0 Å². The minimum atomic E-state index is -0.298. The second-order valence-electron chi connectivity index (χ2n) is 7.85. The Balaban J connectivity index is 1.32. The Kier molecular flexibility index (Phi) is 6.73. The summed E-state index contributed by atoms with van der Waals surface area (Å²) in [5.41, 5.74) is 2.21. The third-order valence-electron chi connectivity index (χ3n) is 5.61. The summed E-state index contributed by atoms with van der Waals surface area (Å²) in [7, 11) is 1.58. The molecule has 8 nitrogen and oxygen atoms in total. The van der Waals surface area contributed by atoms with Crippen molar-refractivity contribution in [3.63, 3.8) is 0 Å².